The van der Waals surface area contributed by atoms with E-state index in [4.69, 9.17) is 18.9 Å². The number of urea groups is 1. The molecule has 1 aromatic carbocycles. The van der Waals surface area contributed by atoms with Gasteiger partial charge in [0.15, 0.2) is 18.1 Å². The summed E-state index contributed by atoms with van der Waals surface area (Å²) in [4.78, 5) is 35.7. The third-order valence-electron chi connectivity index (χ3n) is 3.66. The van der Waals surface area contributed by atoms with Crippen LogP contribution in [-0.2, 0) is 19.1 Å². The maximum absolute atomic E-state index is 12.1. The predicted octanol–water partition coefficient (Wildman–Crippen LogP) is 1.14. The molecule has 0 fully saturated rings. The minimum atomic E-state index is -0.669. The third kappa shape index (κ3) is 5.37. The van der Waals surface area contributed by atoms with E-state index in [1.807, 2.05) is 0 Å². The van der Waals surface area contributed by atoms with Crippen LogP contribution in [0.3, 0.4) is 0 Å². The van der Waals surface area contributed by atoms with Gasteiger partial charge in [-0.1, -0.05) is 12.1 Å². The van der Waals surface area contributed by atoms with Crippen molar-refractivity contribution in [1.82, 2.24) is 10.6 Å². The molecule has 1 heterocycles. The summed E-state index contributed by atoms with van der Waals surface area (Å²) >= 11 is 0. The lowest BCUT2D eigenvalue weighted by Gasteiger charge is -2.26. The number of amides is 2. The fourth-order valence-corrected chi connectivity index (χ4v) is 2.46. The first-order valence-electron chi connectivity index (χ1n) is 8.35. The van der Waals surface area contributed by atoms with Crippen LogP contribution in [0, 0.1) is 0 Å². The summed E-state index contributed by atoms with van der Waals surface area (Å²) in [6.45, 7) is 2.84. The van der Waals surface area contributed by atoms with Crippen molar-refractivity contribution >= 4 is 18.0 Å². The van der Waals surface area contributed by atoms with Gasteiger partial charge in [-0.05, 0) is 26.0 Å². The van der Waals surface area contributed by atoms with Gasteiger partial charge in [-0.3, -0.25) is 0 Å². The van der Waals surface area contributed by atoms with Crippen LogP contribution in [0.15, 0.2) is 35.5 Å². The highest BCUT2D eigenvalue weighted by Crippen LogP contribution is 2.25. The standard InChI is InChI=1S/C18H22N2O7/c1-4-25-17(22)16-11(2)19-18(23)20-12(16)9-27-15(21)10-26-14-8-6-5-7-13(14)24-3/h5-8,11H,4,9-10H2,1-3H3,(H2,19,20,23). The summed E-state index contributed by atoms with van der Waals surface area (Å²) in [7, 11) is 1.49. The lowest BCUT2D eigenvalue weighted by molar-refractivity contribution is -0.145. The lowest BCUT2D eigenvalue weighted by atomic mass is 10.0. The van der Waals surface area contributed by atoms with E-state index in [1.54, 1.807) is 38.1 Å². The number of para-hydroxylation sites is 2. The van der Waals surface area contributed by atoms with E-state index in [9.17, 15) is 14.4 Å². The van der Waals surface area contributed by atoms with Crippen molar-refractivity contribution < 1.29 is 33.3 Å². The number of methoxy groups -OCH3 is 1. The van der Waals surface area contributed by atoms with Gasteiger partial charge in [-0.25, -0.2) is 14.4 Å². The first kappa shape index (κ1) is 20.1. The van der Waals surface area contributed by atoms with E-state index in [1.165, 1.54) is 7.11 Å². The first-order valence-corrected chi connectivity index (χ1v) is 8.35. The Hall–Kier alpha value is -3.23. The van der Waals surface area contributed by atoms with Crippen molar-refractivity contribution in [3.63, 3.8) is 0 Å². The van der Waals surface area contributed by atoms with Gasteiger partial charge in [-0.15, -0.1) is 0 Å². The van der Waals surface area contributed by atoms with Crippen molar-refractivity contribution in [1.29, 1.82) is 0 Å². The van der Waals surface area contributed by atoms with Crippen molar-refractivity contribution in [2.24, 2.45) is 0 Å². The smallest absolute Gasteiger partial charge is 0.344 e. The Kier molecular flexibility index (Phi) is 7.04. The van der Waals surface area contributed by atoms with Crippen LogP contribution < -0.4 is 20.1 Å². The van der Waals surface area contributed by atoms with E-state index in [2.05, 4.69) is 10.6 Å². The minimum Gasteiger partial charge on any atom is -0.493 e. The molecule has 1 aliphatic rings. The molecule has 146 valence electrons. The Morgan fingerprint density at radius 1 is 1.15 bits per heavy atom. The molecule has 0 radical (unpaired) electrons. The number of hydrogen-bond donors (Lipinski definition) is 2. The average Bonchev–Trinajstić information content (AvgIpc) is 2.64. The van der Waals surface area contributed by atoms with Gasteiger partial charge < -0.3 is 29.6 Å². The highest BCUT2D eigenvalue weighted by atomic mass is 16.6. The fourth-order valence-electron chi connectivity index (χ4n) is 2.46. The molecule has 9 heteroatoms. The molecule has 27 heavy (non-hydrogen) atoms. The second-order valence-electron chi connectivity index (χ2n) is 5.53. The summed E-state index contributed by atoms with van der Waals surface area (Å²) in [6, 6.07) is 5.80. The SMILES string of the molecule is CCOC(=O)C1=C(COC(=O)COc2ccccc2OC)NC(=O)NC1C. The number of esters is 2. The molecule has 0 aromatic heterocycles. The molecule has 1 unspecified atom stereocenters. The molecule has 1 aliphatic heterocycles. The van der Waals surface area contributed by atoms with E-state index in [0.29, 0.717) is 11.5 Å². The van der Waals surface area contributed by atoms with Gasteiger partial charge >= 0.3 is 18.0 Å². The molecule has 1 aromatic rings. The Labute approximate surface area is 156 Å². The number of ether oxygens (including phenoxy) is 4. The zero-order valence-electron chi connectivity index (χ0n) is 15.4. The molecule has 2 N–H and O–H groups in total. The van der Waals surface area contributed by atoms with E-state index >= 15 is 0 Å². The summed E-state index contributed by atoms with van der Waals surface area (Å²) in [5.41, 5.74) is 0.380. The highest BCUT2D eigenvalue weighted by molar-refractivity contribution is 5.94. The maximum atomic E-state index is 12.1. The number of hydrogen-bond acceptors (Lipinski definition) is 7. The van der Waals surface area contributed by atoms with Crippen molar-refractivity contribution in [2.45, 2.75) is 19.9 Å². The van der Waals surface area contributed by atoms with Gasteiger partial charge in [0.05, 0.1) is 31.0 Å². The summed E-state index contributed by atoms with van der Waals surface area (Å²) in [6.07, 6.45) is 0. The normalized spacial score (nSPS) is 16.1. The van der Waals surface area contributed by atoms with Crippen molar-refractivity contribution in [2.75, 3.05) is 26.9 Å². The molecule has 2 rings (SSSR count). The average molecular weight is 378 g/mol. The van der Waals surface area contributed by atoms with Crippen LogP contribution in [0.5, 0.6) is 11.5 Å². The molecule has 0 aliphatic carbocycles. The molecule has 9 nitrogen and oxygen atoms in total. The van der Waals surface area contributed by atoms with Crippen LogP contribution in [0.25, 0.3) is 0 Å². The fraction of sp³-hybridized carbons (Fsp3) is 0.389. The molecule has 1 atom stereocenters. The summed E-state index contributed by atoms with van der Waals surface area (Å²) in [5, 5.41) is 5.03. The van der Waals surface area contributed by atoms with Gasteiger partial charge in [-0.2, -0.15) is 0 Å². The van der Waals surface area contributed by atoms with Gasteiger partial charge in [0.25, 0.3) is 0 Å². The summed E-state index contributed by atoms with van der Waals surface area (Å²) < 4.78 is 20.6. The van der Waals surface area contributed by atoms with E-state index in [0.717, 1.165) is 0 Å². The second kappa shape index (κ2) is 9.46. The van der Waals surface area contributed by atoms with Crippen LogP contribution in [0.4, 0.5) is 4.79 Å². The Balaban J connectivity index is 1.99. The van der Waals surface area contributed by atoms with Crippen LogP contribution in [0.2, 0.25) is 0 Å². The number of nitrogens with one attached hydrogen (secondary N) is 2. The molecule has 0 bridgehead atoms. The molecule has 0 spiro atoms. The van der Waals surface area contributed by atoms with Gasteiger partial charge in [0, 0.05) is 0 Å². The third-order valence-corrected chi connectivity index (χ3v) is 3.66. The number of benzene rings is 1. The van der Waals surface area contributed by atoms with E-state index in [-0.39, 0.29) is 31.1 Å². The lowest BCUT2D eigenvalue weighted by Crippen LogP contribution is -2.50. The first-order chi connectivity index (χ1) is 13.0. The number of carbonyl (C=O) groups excluding carboxylic acids is 3. The van der Waals surface area contributed by atoms with Crippen LogP contribution in [-0.4, -0.2) is 50.9 Å². The molecule has 0 saturated heterocycles. The topological polar surface area (TPSA) is 112 Å². The quantitative estimate of drug-likeness (QED) is 0.652. The zero-order chi connectivity index (χ0) is 19.8. The number of carbonyl (C=O) groups is 3. The Morgan fingerprint density at radius 3 is 2.52 bits per heavy atom. The van der Waals surface area contributed by atoms with Gasteiger partial charge in [0.1, 0.15) is 6.61 Å². The van der Waals surface area contributed by atoms with E-state index < -0.39 is 24.0 Å². The van der Waals surface area contributed by atoms with Crippen LogP contribution >= 0.6 is 0 Å². The maximum Gasteiger partial charge on any atom is 0.344 e. The predicted molar refractivity (Wildman–Crippen MR) is 94.2 cm³/mol. The minimum absolute atomic E-state index is 0.176. The number of rotatable bonds is 8. The largest absolute Gasteiger partial charge is 0.493 e. The Bertz CT molecular complexity index is 745. The van der Waals surface area contributed by atoms with Crippen molar-refractivity contribution in [3.8, 4) is 11.5 Å². The van der Waals surface area contributed by atoms with Gasteiger partial charge in [0.2, 0.25) is 0 Å². The van der Waals surface area contributed by atoms with Crippen molar-refractivity contribution in [3.05, 3.63) is 35.5 Å². The highest BCUT2D eigenvalue weighted by Gasteiger charge is 2.30. The Morgan fingerprint density at radius 2 is 1.85 bits per heavy atom. The second-order valence-corrected chi connectivity index (χ2v) is 5.53. The summed E-state index contributed by atoms with van der Waals surface area (Å²) in [5.74, 6) is -0.380. The zero-order valence-corrected chi connectivity index (χ0v) is 15.4. The molecule has 0 saturated carbocycles. The molecular weight excluding hydrogens is 356 g/mol. The van der Waals surface area contributed by atoms with Crippen LogP contribution in [0.1, 0.15) is 13.8 Å². The molecular formula is C18H22N2O7. The monoisotopic (exact) mass is 378 g/mol. The molecule has 2 amide bonds.